The second kappa shape index (κ2) is 8.19. The van der Waals surface area contributed by atoms with Gasteiger partial charge in [0.2, 0.25) is 5.78 Å². The van der Waals surface area contributed by atoms with Crippen molar-refractivity contribution in [3.63, 3.8) is 0 Å². The number of carbonyl (C=O) groups excluding carboxylic acids is 3. The first-order valence-corrected chi connectivity index (χ1v) is 11.6. The van der Waals surface area contributed by atoms with E-state index in [1.165, 1.54) is 7.11 Å². The third-order valence-corrected chi connectivity index (χ3v) is 8.98. The van der Waals surface area contributed by atoms with Crippen molar-refractivity contribution in [3.05, 3.63) is 23.8 Å². The Morgan fingerprint density at radius 2 is 2.00 bits per heavy atom. The molecule has 0 saturated heterocycles. The summed E-state index contributed by atoms with van der Waals surface area (Å²) in [4.78, 5) is 36.8. The van der Waals surface area contributed by atoms with Gasteiger partial charge in [-0.05, 0) is 56.1 Å². The Kier molecular flexibility index (Phi) is 5.97. The van der Waals surface area contributed by atoms with Gasteiger partial charge in [-0.15, -0.1) is 0 Å². The van der Waals surface area contributed by atoms with Crippen LogP contribution in [0, 0.1) is 28.6 Å². The zero-order valence-electron chi connectivity index (χ0n) is 19.1. The molecule has 0 radical (unpaired) electrons. The zero-order valence-corrected chi connectivity index (χ0v) is 19.1. The number of Topliss-reactive ketones (excluding diaryl/α,β-unsaturated/α-hetero) is 1. The van der Waals surface area contributed by atoms with E-state index >= 15 is 0 Å². The summed E-state index contributed by atoms with van der Waals surface area (Å²) in [5.41, 5.74) is -1.75. The van der Waals surface area contributed by atoms with Crippen molar-refractivity contribution in [2.24, 2.45) is 28.6 Å². The van der Waals surface area contributed by atoms with Gasteiger partial charge >= 0.3 is 5.97 Å². The Bertz CT molecular complexity index is 876. The van der Waals surface area contributed by atoms with Gasteiger partial charge in [-0.3, -0.25) is 14.4 Å². The lowest BCUT2D eigenvalue weighted by atomic mass is 9.46. The summed E-state index contributed by atoms with van der Waals surface area (Å²) < 4.78 is 9.95. The molecule has 0 aromatic carbocycles. The Labute approximate surface area is 188 Å². The lowest BCUT2D eigenvalue weighted by Crippen LogP contribution is -2.61. The molecule has 32 heavy (non-hydrogen) atoms. The van der Waals surface area contributed by atoms with Gasteiger partial charge in [0, 0.05) is 23.9 Å². The number of aliphatic hydroxyl groups excluding tert-OH is 1. The van der Waals surface area contributed by atoms with Crippen LogP contribution in [-0.2, 0) is 23.9 Å². The molecule has 0 bridgehead atoms. The van der Waals surface area contributed by atoms with Gasteiger partial charge < -0.3 is 19.7 Å². The number of methoxy groups -OCH3 is 1. The van der Waals surface area contributed by atoms with E-state index in [4.69, 9.17) is 9.47 Å². The third-order valence-electron chi connectivity index (χ3n) is 8.98. The quantitative estimate of drug-likeness (QED) is 0.602. The Balaban J connectivity index is 1.56. The zero-order chi connectivity index (χ0) is 23.3. The van der Waals surface area contributed by atoms with Crippen LogP contribution in [-0.4, -0.2) is 59.8 Å². The van der Waals surface area contributed by atoms with Crippen LogP contribution < -0.4 is 0 Å². The molecule has 4 aliphatic rings. The molecule has 4 rings (SSSR count). The summed E-state index contributed by atoms with van der Waals surface area (Å²) in [6, 6.07) is 0. The van der Waals surface area contributed by atoms with Gasteiger partial charge in [0.15, 0.2) is 12.4 Å². The summed E-state index contributed by atoms with van der Waals surface area (Å²) >= 11 is 0. The first kappa shape index (κ1) is 23.3. The molecule has 0 aromatic rings. The molecular weight excluding hydrogens is 412 g/mol. The SMILES string of the molecule is COCCC(=O)OCC(=O)[C@@]1(O)CC[C@H]2[C@@H]3CCC4=CC(=O)C=C[C@]4(C)[C@H]3[C@@H](O)C[C@@]21C. The van der Waals surface area contributed by atoms with Gasteiger partial charge in [-0.1, -0.05) is 25.5 Å². The number of fused-ring (bicyclic) bond motifs is 5. The van der Waals surface area contributed by atoms with Crippen LogP contribution in [0.3, 0.4) is 0 Å². The van der Waals surface area contributed by atoms with E-state index < -0.39 is 35.5 Å². The van der Waals surface area contributed by atoms with Gasteiger partial charge in [0.25, 0.3) is 0 Å². The Morgan fingerprint density at radius 1 is 1.25 bits per heavy atom. The van der Waals surface area contributed by atoms with Gasteiger partial charge in [-0.2, -0.15) is 0 Å². The van der Waals surface area contributed by atoms with Gasteiger partial charge in [-0.25, -0.2) is 0 Å². The van der Waals surface area contributed by atoms with E-state index in [2.05, 4.69) is 6.92 Å². The van der Waals surface area contributed by atoms with Crippen molar-refractivity contribution in [1.29, 1.82) is 0 Å². The summed E-state index contributed by atoms with van der Waals surface area (Å²) in [5.74, 6) is -0.899. The number of hydrogen-bond donors (Lipinski definition) is 2. The van der Waals surface area contributed by atoms with Crippen LogP contribution in [0.2, 0.25) is 0 Å². The van der Waals surface area contributed by atoms with Crippen LogP contribution in [0.5, 0.6) is 0 Å². The average molecular weight is 447 g/mol. The number of esters is 1. The first-order valence-electron chi connectivity index (χ1n) is 11.6. The van der Waals surface area contributed by atoms with Crippen LogP contribution in [0.15, 0.2) is 23.8 Å². The standard InChI is InChI=1S/C25H34O7/c1-23-9-6-16(26)12-15(23)4-5-17-18-7-10-25(30,24(18,2)13-19(27)22(17)23)20(28)14-32-21(29)8-11-31-3/h6,9,12,17-19,22,27,30H,4-5,7-8,10-11,13-14H2,1-3H3/t17-,18-,19-,22+,23-,24-,25-/m0/s1. The fourth-order valence-electron chi connectivity index (χ4n) is 7.31. The highest BCUT2D eigenvalue weighted by atomic mass is 16.5. The molecule has 0 aromatic heterocycles. The number of ether oxygens (including phenoxy) is 2. The minimum absolute atomic E-state index is 0.00746. The fraction of sp³-hybridized carbons (Fsp3) is 0.720. The van der Waals surface area contributed by atoms with Crippen molar-refractivity contribution in [3.8, 4) is 0 Å². The topological polar surface area (TPSA) is 110 Å². The number of ketones is 2. The number of hydrogen-bond acceptors (Lipinski definition) is 7. The lowest BCUT2D eigenvalue weighted by molar-refractivity contribution is -0.181. The van der Waals surface area contributed by atoms with Crippen LogP contribution >= 0.6 is 0 Å². The summed E-state index contributed by atoms with van der Waals surface area (Å²) in [6.07, 6.45) is 7.46. The molecular formula is C25H34O7. The highest BCUT2D eigenvalue weighted by Crippen LogP contribution is 2.67. The number of aliphatic hydroxyl groups is 2. The Morgan fingerprint density at radius 3 is 2.72 bits per heavy atom. The molecule has 0 spiro atoms. The lowest BCUT2D eigenvalue weighted by Gasteiger charge is -2.59. The van der Waals surface area contributed by atoms with E-state index in [1.54, 1.807) is 12.2 Å². The smallest absolute Gasteiger partial charge is 0.308 e. The molecule has 0 heterocycles. The minimum Gasteiger partial charge on any atom is -0.457 e. The molecule has 176 valence electrons. The van der Waals surface area contributed by atoms with Crippen LogP contribution in [0.4, 0.5) is 0 Å². The first-order chi connectivity index (χ1) is 15.1. The Hall–Kier alpha value is -1.83. The second-order valence-electron chi connectivity index (χ2n) is 10.4. The summed E-state index contributed by atoms with van der Waals surface area (Å²) in [5, 5.41) is 22.9. The predicted octanol–water partition coefficient (Wildman–Crippen LogP) is 2.14. The largest absolute Gasteiger partial charge is 0.457 e. The second-order valence-corrected chi connectivity index (χ2v) is 10.4. The molecule has 0 unspecified atom stereocenters. The van der Waals surface area contributed by atoms with E-state index in [-0.39, 0.29) is 42.0 Å². The van der Waals surface area contributed by atoms with Crippen LogP contribution in [0.25, 0.3) is 0 Å². The van der Waals surface area contributed by atoms with Crippen molar-refractivity contribution in [2.45, 2.75) is 64.1 Å². The molecule has 0 amide bonds. The molecule has 0 aliphatic heterocycles. The molecule has 7 heteroatoms. The van der Waals surface area contributed by atoms with Gasteiger partial charge in [0.1, 0.15) is 5.60 Å². The number of allylic oxidation sites excluding steroid dienone is 4. The summed E-state index contributed by atoms with van der Waals surface area (Å²) in [6.45, 7) is 3.74. The van der Waals surface area contributed by atoms with Crippen molar-refractivity contribution in [1.82, 2.24) is 0 Å². The molecule has 3 fully saturated rings. The molecule has 7 nitrogen and oxygen atoms in total. The maximum Gasteiger partial charge on any atom is 0.308 e. The maximum atomic E-state index is 13.1. The molecule has 7 atom stereocenters. The van der Waals surface area contributed by atoms with E-state index in [1.807, 2.05) is 13.0 Å². The van der Waals surface area contributed by atoms with E-state index in [0.29, 0.717) is 19.3 Å². The monoisotopic (exact) mass is 446 g/mol. The van der Waals surface area contributed by atoms with E-state index in [0.717, 1.165) is 18.4 Å². The van der Waals surface area contributed by atoms with Crippen molar-refractivity contribution < 1.29 is 34.1 Å². The van der Waals surface area contributed by atoms with E-state index in [9.17, 15) is 24.6 Å². The molecule has 3 saturated carbocycles. The molecule has 4 aliphatic carbocycles. The average Bonchev–Trinajstić information content (AvgIpc) is 3.02. The number of rotatable bonds is 6. The van der Waals surface area contributed by atoms with Crippen molar-refractivity contribution in [2.75, 3.05) is 20.3 Å². The van der Waals surface area contributed by atoms with Gasteiger partial charge in [0.05, 0.1) is 19.1 Å². The number of carbonyl (C=O) groups is 3. The highest BCUT2D eigenvalue weighted by molar-refractivity contribution is 6.01. The predicted molar refractivity (Wildman–Crippen MR) is 115 cm³/mol. The normalized spacial score (nSPS) is 42.5. The van der Waals surface area contributed by atoms with Crippen LogP contribution in [0.1, 0.15) is 52.4 Å². The molecule has 2 N–H and O–H groups in total. The minimum atomic E-state index is -1.64. The van der Waals surface area contributed by atoms with Crippen molar-refractivity contribution >= 4 is 17.5 Å². The summed E-state index contributed by atoms with van der Waals surface area (Å²) in [7, 11) is 1.48. The highest BCUT2D eigenvalue weighted by Gasteiger charge is 2.68. The third kappa shape index (κ3) is 3.40. The fourth-order valence-corrected chi connectivity index (χ4v) is 7.31. The maximum absolute atomic E-state index is 13.1.